The van der Waals surface area contributed by atoms with Gasteiger partial charge in [-0.15, -0.1) is 0 Å². The second-order valence-corrected chi connectivity index (χ2v) is 6.24. The highest BCUT2D eigenvalue weighted by molar-refractivity contribution is 6.34. The summed E-state index contributed by atoms with van der Waals surface area (Å²) >= 11 is 6.07. The standard InChI is InChI=1S/C16H19ClO3/c1-5-19-15(16(2,3)4)13(18)12-9-10-7-6-8-11(17)14(10)20-12/h6-9,15H,5H2,1-4H3. The third kappa shape index (κ3) is 2.89. The fourth-order valence-corrected chi connectivity index (χ4v) is 2.38. The summed E-state index contributed by atoms with van der Waals surface area (Å²) in [5.41, 5.74) is 0.247. The molecule has 108 valence electrons. The van der Waals surface area contributed by atoms with Crippen molar-refractivity contribution < 1.29 is 13.9 Å². The molecule has 0 saturated carbocycles. The average molecular weight is 295 g/mol. The molecule has 0 saturated heterocycles. The number of hydrogen-bond acceptors (Lipinski definition) is 3. The number of hydrogen-bond donors (Lipinski definition) is 0. The molecule has 4 heteroatoms. The molecular weight excluding hydrogens is 276 g/mol. The molecule has 1 atom stereocenters. The molecular formula is C16H19ClO3. The Kier molecular flexibility index (Phi) is 4.21. The Balaban J connectivity index is 2.41. The molecule has 0 bridgehead atoms. The number of ether oxygens (including phenoxy) is 1. The van der Waals surface area contributed by atoms with Gasteiger partial charge < -0.3 is 9.15 Å². The van der Waals surface area contributed by atoms with E-state index in [1.54, 1.807) is 12.1 Å². The number of carbonyl (C=O) groups excluding carboxylic acids is 1. The largest absolute Gasteiger partial charge is 0.451 e. The van der Waals surface area contributed by atoms with Crippen molar-refractivity contribution in [2.75, 3.05) is 6.61 Å². The minimum absolute atomic E-state index is 0.147. The highest BCUT2D eigenvalue weighted by Gasteiger charge is 2.34. The molecule has 2 aromatic rings. The van der Waals surface area contributed by atoms with Gasteiger partial charge in [0, 0.05) is 12.0 Å². The summed E-state index contributed by atoms with van der Waals surface area (Å²) in [6, 6.07) is 7.17. The number of carbonyl (C=O) groups is 1. The van der Waals surface area contributed by atoms with Crippen LogP contribution in [0.5, 0.6) is 0 Å². The summed E-state index contributed by atoms with van der Waals surface area (Å²) in [6.45, 7) is 8.28. The molecule has 0 fully saturated rings. The maximum atomic E-state index is 12.6. The van der Waals surface area contributed by atoms with Crippen LogP contribution in [0.15, 0.2) is 28.7 Å². The Labute approximate surface area is 123 Å². The van der Waals surface area contributed by atoms with E-state index in [1.807, 2.05) is 39.8 Å². The highest BCUT2D eigenvalue weighted by Crippen LogP contribution is 2.30. The summed E-state index contributed by atoms with van der Waals surface area (Å²) in [7, 11) is 0. The van der Waals surface area contributed by atoms with E-state index in [0.29, 0.717) is 23.0 Å². The molecule has 0 radical (unpaired) electrons. The molecule has 0 aliphatic heterocycles. The minimum atomic E-state index is -0.535. The first kappa shape index (κ1) is 15.1. The number of rotatable bonds is 4. The number of Topliss-reactive ketones (excluding diaryl/α,β-unsaturated/α-hetero) is 1. The molecule has 3 nitrogen and oxygen atoms in total. The van der Waals surface area contributed by atoms with Gasteiger partial charge in [-0.3, -0.25) is 4.79 Å². The maximum Gasteiger partial charge on any atom is 0.227 e. The molecule has 0 N–H and O–H groups in total. The van der Waals surface area contributed by atoms with Crippen molar-refractivity contribution in [2.45, 2.75) is 33.8 Å². The number of halogens is 1. The predicted octanol–water partition coefficient (Wildman–Crippen LogP) is 4.72. The van der Waals surface area contributed by atoms with Gasteiger partial charge in [0.25, 0.3) is 0 Å². The lowest BCUT2D eigenvalue weighted by atomic mass is 9.85. The number of benzene rings is 1. The Morgan fingerprint density at radius 1 is 1.40 bits per heavy atom. The third-order valence-electron chi connectivity index (χ3n) is 3.10. The van der Waals surface area contributed by atoms with Crippen LogP contribution >= 0.6 is 11.6 Å². The topological polar surface area (TPSA) is 39.4 Å². The van der Waals surface area contributed by atoms with E-state index in [0.717, 1.165) is 5.39 Å². The van der Waals surface area contributed by atoms with Crippen molar-refractivity contribution in [1.82, 2.24) is 0 Å². The second kappa shape index (κ2) is 5.58. The Morgan fingerprint density at radius 3 is 2.65 bits per heavy atom. The molecule has 1 unspecified atom stereocenters. The van der Waals surface area contributed by atoms with Crippen molar-refractivity contribution in [3.8, 4) is 0 Å². The van der Waals surface area contributed by atoms with Crippen LogP contribution in [0.3, 0.4) is 0 Å². The molecule has 1 aromatic carbocycles. The molecule has 0 aliphatic carbocycles. The van der Waals surface area contributed by atoms with E-state index < -0.39 is 6.10 Å². The van der Waals surface area contributed by atoms with Gasteiger partial charge in [0.1, 0.15) is 6.10 Å². The Hall–Kier alpha value is -1.32. The van der Waals surface area contributed by atoms with Crippen LogP contribution in [0, 0.1) is 5.41 Å². The van der Waals surface area contributed by atoms with E-state index in [4.69, 9.17) is 20.8 Å². The minimum Gasteiger partial charge on any atom is -0.451 e. The zero-order chi connectivity index (χ0) is 14.9. The second-order valence-electron chi connectivity index (χ2n) is 5.83. The van der Waals surface area contributed by atoms with Crippen molar-refractivity contribution in [1.29, 1.82) is 0 Å². The van der Waals surface area contributed by atoms with Gasteiger partial charge in [-0.05, 0) is 24.5 Å². The predicted molar refractivity (Wildman–Crippen MR) is 80.4 cm³/mol. The summed E-state index contributed by atoms with van der Waals surface area (Å²) < 4.78 is 11.2. The Morgan fingerprint density at radius 2 is 2.10 bits per heavy atom. The molecule has 1 heterocycles. The van der Waals surface area contributed by atoms with E-state index in [2.05, 4.69) is 0 Å². The lowest BCUT2D eigenvalue weighted by Crippen LogP contribution is -2.37. The molecule has 0 aliphatic rings. The quantitative estimate of drug-likeness (QED) is 0.766. The lowest BCUT2D eigenvalue weighted by Gasteiger charge is -2.28. The Bertz CT molecular complexity index is 622. The van der Waals surface area contributed by atoms with Crippen LogP contribution in [0.1, 0.15) is 38.2 Å². The fraction of sp³-hybridized carbons (Fsp3) is 0.438. The van der Waals surface area contributed by atoms with Crippen molar-refractivity contribution in [3.05, 3.63) is 35.0 Å². The van der Waals surface area contributed by atoms with Crippen molar-refractivity contribution >= 4 is 28.4 Å². The number of para-hydroxylation sites is 1. The molecule has 0 amide bonds. The van der Waals surface area contributed by atoms with E-state index in [9.17, 15) is 4.79 Å². The molecule has 20 heavy (non-hydrogen) atoms. The first-order valence-electron chi connectivity index (χ1n) is 6.68. The summed E-state index contributed by atoms with van der Waals surface area (Å²) in [5, 5.41) is 1.33. The third-order valence-corrected chi connectivity index (χ3v) is 3.39. The first-order valence-corrected chi connectivity index (χ1v) is 7.06. The van der Waals surface area contributed by atoms with Gasteiger partial charge in [0.2, 0.25) is 5.78 Å². The van der Waals surface area contributed by atoms with Gasteiger partial charge in [0.05, 0.1) is 5.02 Å². The highest BCUT2D eigenvalue weighted by atomic mass is 35.5. The number of ketones is 1. The number of fused-ring (bicyclic) bond motifs is 1. The smallest absolute Gasteiger partial charge is 0.227 e. The maximum absolute atomic E-state index is 12.6. The SMILES string of the molecule is CCOC(C(=O)c1cc2cccc(Cl)c2o1)C(C)(C)C. The van der Waals surface area contributed by atoms with Crippen LogP contribution in [-0.4, -0.2) is 18.5 Å². The average Bonchev–Trinajstić information content (AvgIpc) is 2.79. The van der Waals surface area contributed by atoms with Crippen LogP contribution in [-0.2, 0) is 4.74 Å². The number of furan rings is 1. The zero-order valence-electron chi connectivity index (χ0n) is 12.2. The van der Waals surface area contributed by atoms with Crippen LogP contribution in [0.25, 0.3) is 11.0 Å². The van der Waals surface area contributed by atoms with E-state index in [1.165, 1.54) is 0 Å². The van der Waals surface area contributed by atoms with Crippen molar-refractivity contribution in [2.24, 2.45) is 5.41 Å². The molecule has 2 rings (SSSR count). The molecule has 0 spiro atoms. The summed E-state index contributed by atoms with van der Waals surface area (Å²) in [6.07, 6.45) is -0.535. The normalized spacial score (nSPS) is 13.7. The van der Waals surface area contributed by atoms with Crippen LogP contribution in [0.4, 0.5) is 0 Å². The lowest BCUT2D eigenvalue weighted by molar-refractivity contribution is -0.00185. The zero-order valence-corrected chi connectivity index (χ0v) is 13.0. The monoisotopic (exact) mass is 294 g/mol. The van der Waals surface area contributed by atoms with Gasteiger partial charge in [-0.1, -0.05) is 44.5 Å². The van der Waals surface area contributed by atoms with Crippen LogP contribution in [0.2, 0.25) is 5.02 Å². The van der Waals surface area contributed by atoms with E-state index in [-0.39, 0.29) is 11.2 Å². The van der Waals surface area contributed by atoms with Gasteiger partial charge in [0.15, 0.2) is 11.3 Å². The summed E-state index contributed by atoms with van der Waals surface area (Å²) in [4.78, 5) is 12.6. The first-order chi connectivity index (χ1) is 9.34. The van der Waals surface area contributed by atoms with Gasteiger partial charge in [-0.25, -0.2) is 0 Å². The summed E-state index contributed by atoms with van der Waals surface area (Å²) in [5.74, 6) is 0.146. The van der Waals surface area contributed by atoms with Gasteiger partial charge >= 0.3 is 0 Å². The van der Waals surface area contributed by atoms with Gasteiger partial charge in [-0.2, -0.15) is 0 Å². The van der Waals surface area contributed by atoms with Crippen LogP contribution < -0.4 is 0 Å². The van der Waals surface area contributed by atoms with Crippen molar-refractivity contribution in [3.63, 3.8) is 0 Å². The fourth-order valence-electron chi connectivity index (χ4n) is 2.16. The molecule has 1 aromatic heterocycles. The van der Waals surface area contributed by atoms with E-state index >= 15 is 0 Å².